The highest BCUT2D eigenvalue weighted by Gasteiger charge is 2.19. The third-order valence-corrected chi connectivity index (χ3v) is 3.55. The van der Waals surface area contributed by atoms with Crippen LogP contribution in [0.15, 0.2) is 18.2 Å². The molecule has 1 aliphatic heterocycles. The first-order valence-electron chi connectivity index (χ1n) is 6.74. The van der Waals surface area contributed by atoms with Crippen LogP contribution in [0.25, 0.3) is 11.0 Å². The molecule has 1 fully saturated rings. The maximum atomic E-state index is 13.8. The van der Waals surface area contributed by atoms with Crippen molar-refractivity contribution in [3.63, 3.8) is 0 Å². The summed E-state index contributed by atoms with van der Waals surface area (Å²) in [6.07, 6.45) is 0.766. The zero-order valence-corrected chi connectivity index (χ0v) is 11.0. The summed E-state index contributed by atoms with van der Waals surface area (Å²) in [6, 6.07) is 5.38. The maximum absolute atomic E-state index is 13.8. The molecule has 1 aromatic heterocycles. The number of para-hydroxylation sites is 1. The molecule has 0 amide bonds. The van der Waals surface area contributed by atoms with Crippen LogP contribution in [0.1, 0.15) is 12.7 Å². The molecule has 1 unspecified atom stereocenters. The predicted molar refractivity (Wildman–Crippen MR) is 71.7 cm³/mol. The van der Waals surface area contributed by atoms with Crippen LogP contribution in [-0.2, 0) is 17.7 Å². The normalized spacial score (nSPS) is 20.0. The van der Waals surface area contributed by atoms with E-state index in [4.69, 9.17) is 4.74 Å². The third-order valence-electron chi connectivity index (χ3n) is 3.55. The van der Waals surface area contributed by atoms with Crippen LogP contribution in [0, 0.1) is 5.82 Å². The predicted octanol–water partition coefficient (Wildman–Crippen LogP) is 1.73. The highest BCUT2D eigenvalue weighted by molar-refractivity contribution is 5.76. The zero-order valence-electron chi connectivity index (χ0n) is 11.0. The van der Waals surface area contributed by atoms with Crippen LogP contribution >= 0.6 is 0 Å². The minimum absolute atomic E-state index is 0.251. The molecule has 1 aromatic carbocycles. The number of halogens is 1. The topological polar surface area (TPSA) is 39.1 Å². The Balaban J connectivity index is 1.95. The number of fused-ring (bicyclic) bond motifs is 1. The Morgan fingerprint density at radius 1 is 1.53 bits per heavy atom. The number of aromatic nitrogens is 2. The number of aryl methyl sites for hydroxylation is 1. The molecular formula is C14H18FN3O. The lowest BCUT2D eigenvalue weighted by atomic mass is 10.2. The molecule has 2 aromatic rings. The van der Waals surface area contributed by atoms with E-state index in [1.165, 1.54) is 6.07 Å². The molecule has 0 bridgehead atoms. The van der Waals surface area contributed by atoms with Crippen molar-refractivity contribution < 1.29 is 9.13 Å². The van der Waals surface area contributed by atoms with E-state index in [2.05, 4.69) is 21.8 Å². The van der Waals surface area contributed by atoms with Crippen LogP contribution < -0.4 is 5.32 Å². The van der Waals surface area contributed by atoms with Crippen LogP contribution in [-0.4, -0.2) is 35.4 Å². The van der Waals surface area contributed by atoms with Crippen molar-refractivity contribution in [3.05, 3.63) is 29.8 Å². The van der Waals surface area contributed by atoms with Gasteiger partial charge in [-0.2, -0.15) is 0 Å². The number of morpholine rings is 1. The van der Waals surface area contributed by atoms with Gasteiger partial charge in [0.2, 0.25) is 0 Å². The standard InChI is InChI=1S/C14H18FN3O/c1-2-18-12-5-3-4-11(15)14(12)17-13(18)8-10-9-19-7-6-16-10/h3-5,10,16H,2,6-9H2,1H3. The number of hydrogen-bond acceptors (Lipinski definition) is 3. The average Bonchev–Trinajstić information content (AvgIpc) is 2.79. The van der Waals surface area contributed by atoms with Crippen LogP contribution in [0.5, 0.6) is 0 Å². The second-order valence-electron chi connectivity index (χ2n) is 4.81. The highest BCUT2D eigenvalue weighted by Crippen LogP contribution is 2.20. The molecule has 2 heterocycles. The fraction of sp³-hybridized carbons (Fsp3) is 0.500. The maximum Gasteiger partial charge on any atom is 0.151 e. The largest absolute Gasteiger partial charge is 0.379 e. The van der Waals surface area contributed by atoms with Gasteiger partial charge in [0.05, 0.1) is 18.7 Å². The van der Waals surface area contributed by atoms with Gasteiger partial charge < -0.3 is 14.6 Å². The van der Waals surface area contributed by atoms with Gasteiger partial charge in [-0.25, -0.2) is 9.37 Å². The second kappa shape index (κ2) is 5.27. The molecule has 1 atom stereocenters. The fourth-order valence-electron chi connectivity index (χ4n) is 2.64. The van der Waals surface area contributed by atoms with E-state index in [1.807, 2.05) is 6.07 Å². The molecule has 0 spiro atoms. The Kier molecular flexibility index (Phi) is 3.48. The number of nitrogens with one attached hydrogen (secondary N) is 1. The molecule has 1 saturated heterocycles. The zero-order chi connectivity index (χ0) is 13.2. The summed E-state index contributed by atoms with van der Waals surface area (Å²) >= 11 is 0. The fourth-order valence-corrected chi connectivity index (χ4v) is 2.64. The molecule has 0 radical (unpaired) electrons. The Hall–Kier alpha value is -1.46. The third kappa shape index (κ3) is 2.35. The SMILES string of the molecule is CCn1c(CC2COCCN2)nc2c(F)cccc21. The number of imidazole rings is 1. The van der Waals surface area contributed by atoms with Gasteiger partial charge in [0.1, 0.15) is 11.3 Å². The smallest absolute Gasteiger partial charge is 0.151 e. The van der Waals surface area contributed by atoms with Crippen molar-refractivity contribution in [1.29, 1.82) is 0 Å². The first-order valence-corrected chi connectivity index (χ1v) is 6.74. The lowest BCUT2D eigenvalue weighted by molar-refractivity contribution is 0.0762. The molecule has 4 nitrogen and oxygen atoms in total. The molecule has 3 rings (SSSR count). The summed E-state index contributed by atoms with van der Waals surface area (Å²) in [5, 5.41) is 3.41. The molecule has 1 N–H and O–H groups in total. The van der Waals surface area contributed by atoms with Crippen molar-refractivity contribution in [2.45, 2.75) is 25.9 Å². The summed E-state index contributed by atoms with van der Waals surface area (Å²) in [4.78, 5) is 4.47. The summed E-state index contributed by atoms with van der Waals surface area (Å²) in [6.45, 7) is 5.17. The number of rotatable bonds is 3. The van der Waals surface area contributed by atoms with E-state index in [0.29, 0.717) is 12.1 Å². The van der Waals surface area contributed by atoms with Gasteiger partial charge in [-0.1, -0.05) is 6.07 Å². The summed E-state index contributed by atoms with van der Waals surface area (Å²) in [5.41, 5.74) is 1.34. The van der Waals surface area contributed by atoms with E-state index >= 15 is 0 Å². The molecular weight excluding hydrogens is 245 g/mol. The van der Waals surface area contributed by atoms with Gasteiger partial charge in [-0.3, -0.25) is 0 Å². The molecule has 5 heteroatoms. The Labute approximate surface area is 111 Å². The van der Waals surface area contributed by atoms with Gasteiger partial charge in [0, 0.05) is 25.6 Å². The van der Waals surface area contributed by atoms with E-state index in [1.54, 1.807) is 6.07 Å². The highest BCUT2D eigenvalue weighted by atomic mass is 19.1. The van der Waals surface area contributed by atoms with Crippen LogP contribution in [0.3, 0.4) is 0 Å². The molecule has 19 heavy (non-hydrogen) atoms. The van der Waals surface area contributed by atoms with Crippen molar-refractivity contribution >= 4 is 11.0 Å². The van der Waals surface area contributed by atoms with Crippen molar-refractivity contribution in [2.75, 3.05) is 19.8 Å². The van der Waals surface area contributed by atoms with Crippen molar-refractivity contribution in [1.82, 2.24) is 14.9 Å². The Morgan fingerprint density at radius 3 is 3.16 bits per heavy atom. The monoisotopic (exact) mass is 263 g/mol. The lowest BCUT2D eigenvalue weighted by Gasteiger charge is -2.23. The minimum Gasteiger partial charge on any atom is -0.379 e. The van der Waals surface area contributed by atoms with Gasteiger partial charge in [0.25, 0.3) is 0 Å². The molecule has 1 aliphatic rings. The van der Waals surface area contributed by atoms with Crippen molar-refractivity contribution in [2.24, 2.45) is 0 Å². The molecule has 0 saturated carbocycles. The first kappa shape index (κ1) is 12.6. The van der Waals surface area contributed by atoms with Gasteiger partial charge >= 0.3 is 0 Å². The number of benzene rings is 1. The second-order valence-corrected chi connectivity index (χ2v) is 4.81. The summed E-state index contributed by atoms with van der Waals surface area (Å²) in [5.74, 6) is 0.671. The Bertz CT molecular complexity index is 575. The minimum atomic E-state index is -0.251. The average molecular weight is 263 g/mol. The number of ether oxygens (including phenoxy) is 1. The van der Waals surface area contributed by atoms with Gasteiger partial charge in [-0.05, 0) is 19.1 Å². The lowest BCUT2D eigenvalue weighted by Crippen LogP contribution is -2.43. The number of nitrogens with zero attached hydrogens (tertiary/aromatic N) is 2. The summed E-state index contributed by atoms with van der Waals surface area (Å²) in [7, 11) is 0. The van der Waals surface area contributed by atoms with Gasteiger partial charge in [-0.15, -0.1) is 0 Å². The van der Waals surface area contributed by atoms with E-state index in [9.17, 15) is 4.39 Å². The number of hydrogen-bond donors (Lipinski definition) is 1. The van der Waals surface area contributed by atoms with Crippen LogP contribution in [0.2, 0.25) is 0 Å². The molecule has 0 aliphatic carbocycles. The van der Waals surface area contributed by atoms with Crippen LogP contribution in [0.4, 0.5) is 4.39 Å². The summed E-state index contributed by atoms with van der Waals surface area (Å²) < 4.78 is 21.3. The Morgan fingerprint density at radius 2 is 2.42 bits per heavy atom. The van der Waals surface area contributed by atoms with E-state index in [-0.39, 0.29) is 11.9 Å². The van der Waals surface area contributed by atoms with Gasteiger partial charge in [0.15, 0.2) is 5.82 Å². The van der Waals surface area contributed by atoms with Crippen molar-refractivity contribution in [3.8, 4) is 0 Å². The molecule has 102 valence electrons. The first-order chi connectivity index (χ1) is 9.29. The van der Waals surface area contributed by atoms with E-state index in [0.717, 1.165) is 37.5 Å². The quantitative estimate of drug-likeness (QED) is 0.916. The van der Waals surface area contributed by atoms with E-state index < -0.39 is 0 Å².